The molecule has 0 saturated heterocycles. The van der Waals surface area contributed by atoms with Crippen molar-refractivity contribution in [2.45, 2.75) is 10.6 Å². The molecule has 8 heteroatoms. The van der Waals surface area contributed by atoms with Gasteiger partial charge in [-0.1, -0.05) is 33.6 Å². The van der Waals surface area contributed by atoms with Crippen LogP contribution in [0.5, 0.6) is 0 Å². The molecule has 2 aromatic carbocycles. The Hall–Kier alpha value is -1.44. The van der Waals surface area contributed by atoms with Gasteiger partial charge in [0.2, 0.25) is 0 Å². The van der Waals surface area contributed by atoms with Gasteiger partial charge in [0.1, 0.15) is 0 Å². The molecule has 0 saturated carbocycles. The van der Waals surface area contributed by atoms with E-state index in [0.29, 0.717) is 9.50 Å². The predicted molar refractivity (Wildman–Crippen MR) is 83.1 cm³/mol. The highest BCUT2D eigenvalue weighted by atomic mass is 79.9. The Morgan fingerprint density at radius 3 is 2.33 bits per heavy atom. The topological polar surface area (TPSA) is 77.3 Å². The van der Waals surface area contributed by atoms with Crippen LogP contribution in [-0.4, -0.2) is 13.3 Å². The van der Waals surface area contributed by atoms with E-state index >= 15 is 0 Å². The standard InChI is InChI=1S/C13H9BrClNO4S/c14-10-2-1-9(13(7-10)16(17)18)8-21(19,20)12-5-3-11(15)4-6-12/h1-7H,8H2. The van der Waals surface area contributed by atoms with Gasteiger partial charge in [-0.15, -0.1) is 0 Å². The van der Waals surface area contributed by atoms with E-state index in [9.17, 15) is 18.5 Å². The van der Waals surface area contributed by atoms with Crippen LogP contribution in [-0.2, 0) is 15.6 Å². The zero-order valence-corrected chi connectivity index (χ0v) is 13.7. The molecule has 0 amide bonds. The lowest BCUT2D eigenvalue weighted by molar-refractivity contribution is -0.385. The summed E-state index contributed by atoms with van der Waals surface area (Å²) in [6.45, 7) is 0. The molecule has 5 nitrogen and oxygen atoms in total. The van der Waals surface area contributed by atoms with Crippen LogP contribution in [0.15, 0.2) is 51.8 Å². The first-order valence-corrected chi connectivity index (χ1v) is 8.53. The molecule has 21 heavy (non-hydrogen) atoms. The minimum Gasteiger partial charge on any atom is -0.258 e. The van der Waals surface area contributed by atoms with E-state index in [1.807, 2.05) is 0 Å². The molecular formula is C13H9BrClNO4S. The summed E-state index contributed by atoms with van der Waals surface area (Å²) in [7, 11) is -3.68. The lowest BCUT2D eigenvalue weighted by Gasteiger charge is -2.06. The number of nitro groups is 1. The van der Waals surface area contributed by atoms with Gasteiger partial charge in [0.25, 0.3) is 5.69 Å². The summed E-state index contributed by atoms with van der Waals surface area (Å²) in [4.78, 5) is 10.5. The highest BCUT2D eigenvalue weighted by Gasteiger charge is 2.22. The van der Waals surface area contributed by atoms with Crippen LogP contribution in [0.2, 0.25) is 5.02 Å². The molecule has 0 bridgehead atoms. The number of benzene rings is 2. The molecule has 110 valence electrons. The molecule has 0 atom stereocenters. The van der Waals surface area contributed by atoms with Crippen LogP contribution in [0.4, 0.5) is 5.69 Å². The Bertz CT molecular complexity index is 790. The molecule has 0 aliphatic heterocycles. The van der Waals surface area contributed by atoms with E-state index in [2.05, 4.69) is 15.9 Å². The molecule has 2 aromatic rings. The van der Waals surface area contributed by atoms with Crippen molar-refractivity contribution in [2.75, 3.05) is 0 Å². The maximum absolute atomic E-state index is 12.3. The maximum atomic E-state index is 12.3. The van der Waals surface area contributed by atoms with Gasteiger partial charge >= 0.3 is 0 Å². The van der Waals surface area contributed by atoms with Gasteiger partial charge in [-0.25, -0.2) is 8.42 Å². The summed E-state index contributed by atoms with van der Waals surface area (Å²) in [6, 6.07) is 9.96. The van der Waals surface area contributed by atoms with Gasteiger partial charge in [0, 0.05) is 21.1 Å². The van der Waals surface area contributed by atoms with Crippen molar-refractivity contribution in [1.82, 2.24) is 0 Å². The number of halogens is 2. The fourth-order valence-electron chi connectivity index (χ4n) is 1.76. The Kier molecular flexibility index (Phi) is 4.65. The number of nitrogens with zero attached hydrogens (tertiary/aromatic N) is 1. The molecule has 0 heterocycles. The van der Waals surface area contributed by atoms with E-state index in [-0.39, 0.29) is 16.1 Å². The highest BCUT2D eigenvalue weighted by Crippen LogP contribution is 2.27. The smallest absolute Gasteiger partial charge is 0.258 e. The zero-order valence-electron chi connectivity index (χ0n) is 10.5. The molecule has 0 spiro atoms. The van der Waals surface area contributed by atoms with Crippen LogP contribution in [0, 0.1) is 10.1 Å². The highest BCUT2D eigenvalue weighted by molar-refractivity contribution is 9.10. The fraction of sp³-hybridized carbons (Fsp3) is 0.0769. The lowest BCUT2D eigenvalue weighted by atomic mass is 10.2. The van der Waals surface area contributed by atoms with Gasteiger partial charge in [0.15, 0.2) is 9.84 Å². The third-order valence-corrected chi connectivity index (χ3v) is 5.19. The van der Waals surface area contributed by atoms with Crippen molar-refractivity contribution in [1.29, 1.82) is 0 Å². The third-order valence-electron chi connectivity index (χ3n) is 2.76. The Balaban J connectivity index is 2.41. The largest absolute Gasteiger partial charge is 0.274 e. The van der Waals surface area contributed by atoms with Gasteiger partial charge in [-0.3, -0.25) is 10.1 Å². The van der Waals surface area contributed by atoms with Crippen LogP contribution >= 0.6 is 27.5 Å². The first kappa shape index (κ1) is 15.9. The number of nitro benzene ring substituents is 1. The van der Waals surface area contributed by atoms with E-state index in [1.165, 1.54) is 36.4 Å². The van der Waals surface area contributed by atoms with Crippen molar-refractivity contribution >= 4 is 43.1 Å². The Morgan fingerprint density at radius 1 is 1.14 bits per heavy atom. The summed E-state index contributed by atoms with van der Waals surface area (Å²) >= 11 is 8.85. The lowest BCUT2D eigenvalue weighted by Crippen LogP contribution is -2.07. The second-order valence-electron chi connectivity index (χ2n) is 4.24. The van der Waals surface area contributed by atoms with Crippen LogP contribution in [0.3, 0.4) is 0 Å². The SMILES string of the molecule is O=[N+]([O-])c1cc(Br)ccc1CS(=O)(=O)c1ccc(Cl)cc1. The average molecular weight is 391 g/mol. The summed E-state index contributed by atoms with van der Waals surface area (Å²) in [6.07, 6.45) is 0. The number of hydrogen-bond donors (Lipinski definition) is 0. The van der Waals surface area contributed by atoms with E-state index in [4.69, 9.17) is 11.6 Å². The minimum atomic E-state index is -3.68. The van der Waals surface area contributed by atoms with Gasteiger partial charge < -0.3 is 0 Å². The number of rotatable bonds is 4. The van der Waals surface area contributed by atoms with Gasteiger partial charge in [-0.05, 0) is 30.3 Å². The summed E-state index contributed by atoms with van der Waals surface area (Å²) < 4.78 is 25.1. The third kappa shape index (κ3) is 3.81. The van der Waals surface area contributed by atoms with Crippen LogP contribution in [0.1, 0.15) is 5.56 Å². The molecule has 2 rings (SSSR count). The van der Waals surface area contributed by atoms with Crippen molar-refractivity contribution in [3.8, 4) is 0 Å². The molecule has 0 N–H and O–H groups in total. The maximum Gasteiger partial charge on any atom is 0.274 e. The summed E-state index contributed by atoms with van der Waals surface area (Å²) in [5.41, 5.74) is -0.0972. The summed E-state index contributed by atoms with van der Waals surface area (Å²) in [5.74, 6) is -0.446. The monoisotopic (exact) mass is 389 g/mol. The van der Waals surface area contributed by atoms with Crippen molar-refractivity contribution < 1.29 is 13.3 Å². The normalized spacial score (nSPS) is 11.3. The Morgan fingerprint density at radius 2 is 1.76 bits per heavy atom. The van der Waals surface area contributed by atoms with E-state index < -0.39 is 20.5 Å². The van der Waals surface area contributed by atoms with Crippen molar-refractivity contribution in [3.05, 3.63) is 67.6 Å². The fourth-order valence-corrected chi connectivity index (χ4v) is 3.60. The van der Waals surface area contributed by atoms with Gasteiger partial charge in [-0.2, -0.15) is 0 Å². The zero-order chi connectivity index (χ0) is 15.6. The van der Waals surface area contributed by atoms with Crippen molar-refractivity contribution in [3.63, 3.8) is 0 Å². The van der Waals surface area contributed by atoms with E-state index in [0.717, 1.165) is 0 Å². The molecule has 0 fully saturated rings. The second-order valence-corrected chi connectivity index (χ2v) is 7.58. The van der Waals surface area contributed by atoms with Crippen LogP contribution < -0.4 is 0 Å². The number of sulfone groups is 1. The molecular weight excluding hydrogens is 382 g/mol. The molecule has 0 radical (unpaired) electrons. The second kappa shape index (κ2) is 6.13. The van der Waals surface area contributed by atoms with Gasteiger partial charge in [0.05, 0.1) is 15.6 Å². The molecule has 0 aliphatic rings. The average Bonchev–Trinajstić information content (AvgIpc) is 2.41. The quantitative estimate of drug-likeness (QED) is 0.584. The minimum absolute atomic E-state index is 0.0733. The first-order valence-electron chi connectivity index (χ1n) is 5.71. The predicted octanol–water partition coefficient (Wildman–Crippen LogP) is 3.98. The molecule has 0 aliphatic carbocycles. The molecule has 0 unspecified atom stereocenters. The van der Waals surface area contributed by atoms with E-state index in [1.54, 1.807) is 6.07 Å². The Labute approximate surface area is 134 Å². The number of hydrogen-bond acceptors (Lipinski definition) is 4. The summed E-state index contributed by atoms with van der Waals surface area (Å²) in [5, 5.41) is 11.4. The van der Waals surface area contributed by atoms with Crippen LogP contribution in [0.25, 0.3) is 0 Å². The first-order chi connectivity index (χ1) is 9.79. The van der Waals surface area contributed by atoms with Crippen molar-refractivity contribution in [2.24, 2.45) is 0 Å². The molecule has 0 aromatic heterocycles.